The van der Waals surface area contributed by atoms with E-state index in [-0.39, 0.29) is 0 Å². The summed E-state index contributed by atoms with van der Waals surface area (Å²) in [7, 11) is 1.26. The van der Waals surface area contributed by atoms with Gasteiger partial charge in [-0.1, -0.05) is 0 Å². The summed E-state index contributed by atoms with van der Waals surface area (Å²) in [6, 6.07) is -1.13. The fraction of sp³-hybridized carbons (Fsp3) is 0.706. The summed E-state index contributed by atoms with van der Waals surface area (Å²) in [4.78, 5) is 58.3. The van der Waals surface area contributed by atoms with E-state index < -0.39 is 66.3 Å². The van der Waals surface area contributed by atoms with Crippen molar-refractivity contribution in [3.05, 3.63) is 0 Å². The quantitative estimate of drug-likeness (QED) is 0.444. The van der Waals surface area contributed by atoms with E-state index in [1.54, 1.807) is 0 Å². The van der Waals surface area contributed by atoms with Crippen LogP contribution in [0.4, 0.5) is 0 Å². The van der Waals surface area contributed by atoms with E-state index in [0.717, 1.165) is 27.7 Å². The molecular formula is C17H25NO10. The fourth-order valence-electron chi connectivity index (χ4n) is 3.14. The summed E-state index contributed by atoms with van der Waals surface area (Å²) in [6.07, 6.45) is -6.23. The molecule has 0 radical (unpaired) electrons. The number of hydrogen-bond donors (Lipinski definition) is 1. The highest BCUT2D eigenvalue weighted by molar-refractivity contribution is 5.74. The predicted octanol–water partition coefficient (Wildman–Crippen LogP) is -0.753. The van der Waals surface area contributed by atoms with Gasteiger partial charge in [0.2, 0.25) is 5.91 Å². The molecule has 0 bridgehead atoms. The van der Waals surface area contributed by atoms with E-state index in [2.05, 4.69) is 5.32 Å². The van der Waals surface area contributed by atoms with Gasteiger partial charge in [-0.3, -0.25) is 24.0 Å². The monoisotopic (exact) mass is 403 g/mol. The second kappa shape index (κ2) is 10.0. The maximum absolute atomic E-state index is 11.7. The molecule has 1 rings (SSSR count). The standard InChI is InChI=1S/C17H25NO10/c1-7(19)18-12-13(25-8(2)20)15(24-6)17(28-11(5)23)16(27-10(4)22)14(12)26-9(3)21/h12-17H,1-6H3,(H,18,19)/t12-,13-,14+,15+,16-,17-/m1/s1. The Morgan fingerprint density at radius 3 is 1.21 bits per heavy atom. The predicted molar refractivity (Wildman–Crippen MR) is 90.6 cm³/mol. The number of rotatable bonds is 6. The zero-order valence-electron chi connectivity index (χ0n) is 16.5. The molecule has 1 aliphatic carbocycles. The molecule has 1 N–H and O–H groups in total. The Morgan fingerprint density at radius 1 is 0.571 bits per heavy atom. The van der Waals surface area contributed by atoms with Gasteiger partial charge in [-0.05, 0) is 0 Å². The van der Waals surface area contributed by atoms with E-state index in [1.165, 1.54) is 14.0 Å². The average molecular weight is 403 g/mol. The number of nitrogens with one attached hydrogen (secondary N) is 1. The van der Waals surface area contributed by atoms with Crippen molar-refractivity contribution < 1.29 is 47.7 Å². The minimum Gasteiger partial charge on any atom is -0.457 e. The first-order chi connectivity index (χ1) is 13.0. The van der Waals surface area contributed by atoms with Gasteiger partial charge >= 0.3 is 23.9 Å². The summed E-state index contributed by atoms with van der Waals surface area (Å²) in [5.41, 5.74) is 0. The number of methoxy groups -OCH3 is 1. The second-order valence-electron chi connectivity index (χ2n) is 6.22. The van der Waals surface area contributed by atoms with Crippen LogP contribution in [0.3, 0.4) is 0 Å². The molecule has 1 aliphatic rings. The Bertz CT molecular complexity index is 589. The molecule has 158 valence electrons. The van der Waals surface area contributed by atoms with Crippen molar-refractivity contribution in [3.63, 3.8) is 0 Å². The molecule has 1 amide bonds. The van der Waals surface area contributed by atoms with Crippen molar-refractivity contribution in [1.82, 2.24) is 5.32 Å². The van der Waals surface area contributed by atoms with Crippen LogP contribution in [0.15, 0.2) is 0 Å². The molecule has 11 heteroatoms. The smallest absolute Gasteiger partial charge is 0.303 e. The first-order valence-electron chi connectivity index (χ1n) is 8.46. The van der Waals surface area contributed by atoms with Crippen molar-refractivity contribution >= 4 is 29.8 Å². The molecule has 6 atom stereocenters. The Morgan fingerprint density at radius 2 is 0.893 bits per heavy atom. The summed E-state index contributed by atoms with van der Waals surface area (Å²) < 4.78 is 26.4. The largest absolute Gasteiger partial charge is 0.457 e. The van der Waals surface area contributed by atoms with Gasteiger partial charge in [-0.15, -0.1) is 0 Å². The average Bonchev–Trinajstić information content (AvgIpc) is 2.52. The minimum absolute atomic E-state index is 0.526. The molecule has 0 saturated heterocycles. The van der Waals surface area contributed by atoms with E-state index in [4.69, 9.17) is 23.7 Å². The lowest BCUT2D eigenvalue weighted by atomic mass is 9.82. The SMILES string of the molecule is CO[C@@H]1[C@@H](OC(C)=O)[C@H](OC(C)=O)[C@@H](OC(C)=O)[C@H](NC(C)=O)[C@H]1OC(C)=O. The van der Waals surface area contributed by atoms with Crippen LogP contribution in [0.5, 0.6) is 0 Å². The van der Waals surface area contributed by atoms with Gasteiger partial charge in [0.25, 0.3) is 0 Å². The van der Waals surface area contributed by atoms with E-state index in [0.29, 0.717) is 0 Å². The van der Waals surface area contributed by atoms with Crippen LogP contribution < -0.4 is 5.32 Å². The third kappa shape index (κ3) is 6.19. The van der Waals surface area contributed by atoms with Crippen LogP contribution in [0, 0.1) is 0 Å². The van der Waals surface area contributed by atoms with Gasteiger partial charge in [0.05, 0.1) is 0 Å². The summed E-state index contributed by atoms with van der Waals surface area (Å²) in [5, 5.41) is 2.53. The fourth-order valence-corrected chi connectivity index (χ4v) is 3.14. The molecule has 0 heterocycles. The van der Waals surface area contributed by atoms with Crippen molar-refractivity contribution in [2.75, 3.05) is 7.11 Å². The molecule has 0 aliphatic heterocycles. The minimum atomic E-state index is -1.32. The van der Waals surface area contributed by atoms with Crippen molar-refractivity contribution in [2.45, 2.75) is 71.2 Å². The zero-order valence-corrected chi connectivity index (χ0v) is 16.5. The Balaban J connectivity index is 3.54. The molecule has 0 aromatic rings. The number of carbonyl (C=O) groups excluding carboxylic acids is 5. The molecule has 1 saturated carbocycles. The molecule has 28 heavy (non-hydrogen) atoms. The van der Waals surface area contributed by atoms with Crippen molar-refractivity contribution in [1.29, 1.82) is 0 Å². The summed E-state index contributed by atoms with van der Waals surface area (Å²) in [5.74, 6) is -3.47. The lowest BCUT2D eigenvalue weighted by Crippen LogP contribution is -2.71. The van der Waals surface area contributed by atoms with Crippen LogP contribution >= 0.6 is 0 Å². The molecular weight excluding hydrogens is 378 g/mol. The highest BCUT2D eigenvalue weighted by atomic mass is 16.6. The van der Waals surface area contributed by atoms with Crippen molar-refractivity contribution in [2.24, 2.45) is 0 Å². The van der Waals surface area contributed by atoms with Crippen LogP contribution in [0.2, 0.25) is 0 Å². The molecule has 0 aromatic carbocycles. The first-order valence-corrected chi connectivity index (χ1v) is 8.46. The van der Waals surface area contributed by atoms with E-state index >= 15 is 0 Å². The van der Waals surface area contributed by atoms with Crippen LogP contribution in [-0.2, 0) is 47.7 Å². The third-order valence-corrected chi connectivity index (χ3v) is 3.85. The molecule has 11 nitrogen and oxygen atoms in total. The van der Waals surface area contributed by atoms with Crippen LogP contribution in [0.25, 0.3) is 0 Å². The summed E-state index contributed by atoms with van der Waals surface area (Å²) >= 11 is 0. The number of amides is 1. The topological polar surface area (TPSA) is 144 Å². The maximum atomic E-state index is 11.7. The Hall–Kier alpha value is -2.69. The van der Waals surface area contributed by atoms with Crippen molar-refractivity contribution in [3.8, 4) is 0 Å². The number of ether oxygens (including phenoxy) is 5. The van der Waals surface area contributed by atoms with Gasteiger partial charge < -0.3 is 29.0 Å². The highest BCUT2D eigenvalue weighted by Crippen LogP contribution is 2.32. The lowest BCUT2D eigenvalue weighted by Gasteiger charge is -2.47. The lowest BCUT2D eigenvalue weighted by molar-refractivity contribution is -0.235. The van der Waals surface area contributed by atoms with E-state index in [9.17, 15) is 24.0 Å². The van der Waals surface area contributed by atoms with Gasteiger partial charge in [-0.25, -0.2) is 0 Å². The van der Waals surface area contributed by atoms with Crippen LogP contribution in [0.1, 0.15) is 34.6 Å². The van der Waals surface area contributed by atoms with Gasteiger partial charge in [0, 0.05) is 41.7 Å². The van der Waals surface area contributed by atoms with Gasteiger partial charge in [0.1, 0.15) is 12.1 Å². The molecule has 0 aromatic heterocycles. The second-order valence-corrected chi connectivity index (χ2v) is 6.22. The Labute approximate surface area is 161 Å². The maximum Gasteiger partial charge on any atom is 0.303 e. The number of carbonyl (C=O) groups is 5. The van der Waals surface area contributed by atoms with Gasteiger partial charge in [-0.2, -0.15) is 0 Å². The van der Waals surface area contributed by atoms with E-state index in [1.807, 2.05) is 0 Å². The van der Waals surface area contributed by atoms with Crippen LogP contribution in [-0.4, -0.2) is 73.5 Å². The molecule has 0 spiro atoms. The highest BCUT2D eigenvalue weighted by Gasteiger charge is 2.58. The molecule has 0 unspecified atom stereocenters. The summed E-state index contributed by atoms with van der Waals surface area (Å²) in [6.45, 7) is 5.69. The molecule has 1 fully saturated rings. The number of esters is 4. The third-order valence-electron chi connectivity index (χ3n) is 3.85. The van der Waals surface area contributed by atoms with Gasteiger partial charge in [0.15, 0.2) is 24.4 Å². The zero-order chi connectivity index (χ0) is 21.6. The Kier molecular flexibility index (Phi) is 8.35. The first kappa shape index (κ1) is 23.3. The normalized spacial score (nSPS) is 29.2. The number of hydrogen-bond acceptors (Lipinski definition) is 10.